The lowest BCUT2D eigenvalue weighted by atomic mass is 9.96. The molecule has 3 heterocycles. The number of aromatic nitrogens is 2. The van der Waals surface area contributed by atoms with Gasteiger partial charge >= 0.3 is 0 Å². The minimum atomic E-state index is -0.0279. The van der Waals surface area contributed by atoms with Crippen molar-refractivity contribution in [2.24, 2.45) is 5.92 Å². The Morgan fingerprint density at radius 2 is 2.21 bits per heavy atom. The van der Waals surface area contributed by atoms with Crippen LogP contribution in [0.3, 0.4) is 0 Å². The molecule has 3 rings (SSSR count). The monoisotopic (exact) mass is 398 g/mol. The second kappa shape index (κ2) is 8.11. The van der Waals surface area contributed by atoms with E-state index in [1.807, 2.05) is 0 Å². The fraction of sp³-hybridized carbons (Fsp3) is 0.688. The van der Waals surface area contributed by atoms with E-state index in [0.717, 1.165) is 49.9 Å². The fourth-order valence-electron chi connectivity index (χ4n) is 3.17. The lowest BCUT2D eigenvalue weighted by Crippen LogP contribution is -2.47. The zero-order chi connectivity index (χ0) is 16.9. The highest BCUT2D eigenvalue weighted by Gasteiger charge is 2.29. The number of carbonyl (C=O) groups excluding carboxylic acids is 1. The van der Waals surface area contributed by atoms with Crippen LogP contribution in [-0.4, -0.2) is 55.3 Å². The number of piperidine rings is 1. The van der Waals surface area contributed by atoms with Crippen molar-refractivity contribution < 1.29 is 14.3 Å². The normalized spacial score (nSPS) is 22.2. The summed E-state index contributed by atoms with van der Waals surface area (Å²) in [7, 11) is 1.58. The molecule has 0 radical (unpaired) electrons. The van der Waals surface area contributed by atoms with E-state index in [0.29, 0.717) is 18.4 Å². The first-order valence-electron chi connectivity index (χ1n) is 8.37. The zero-order valence-electron chi connectivity index (χ0n) is 13.8. The van der Waals surface area contributed by atoms with Gasteiger partial charge in [-0.15, -0.1) is 0 Å². The zero-order valence-corrected chi connectivity index (χ0v) is 15.4. The Labute approximate surface area is 150 Å². The lowest BCUT2D eigenvalue weighted by molar-refractivity contribution is -0.126. The van der Waals surface area contributed by atoms with Crippen LogP contribution in [0.5, 0.6) is 5.88 Å². The van der Waals surface area contributed by atoms with Crippen LogP contribution in [-0.2, 0) is 9.53 Å². The molecule has 7 nitrogen and oxygen atoms in total. The minimum absolute atomic E-state index is 0.0279. The van der Waals surface area contributed by atoms with E-state index in [1.165, 1.54) is 0 Å². The van der Waals surface area contributed by atoms with Crippen LogP contribution in [0, 0.1) is 5.92 Å². The summed E-state index contributed by atoms with van der Waals surface area (Å²) in [5.74, 6) is 1.22. The number of nitrogens with zero attached hydrogens (tertiary/aromatic N) is 3. The van der Waals surface area contributed by atoms with Crippen molar-refractivity contribution >= 4 is 27.8 Å². The summed E-state index contributed by atoms with van der Waals surface area (Å²) in [4.78, 5) is 23.4. The van der Waals surface area contributed by atoms with Gasteiger partial charge in [0.15, 0.2) is 0 Å². The number of ether oxygens (including phenoxy) is 2. The van der Waals surface area contributed by atoms with Crippen molar-refractivity contribution in [2.45, 2.75) is 31.7 Å². The third-order valence-electron chi connectivity index (χ3n) is 4.54. The van der Waals surface area contributed by atoms with Gasteiger partial charge in [-0.25, -0.2) is 4.98 Å². The summed E-state index contributed by atoms with van der Waals surface area (Å²) in [5.41, 5.74) is 0. The third-order valence-corrected chi connectivity index (χ3v) is 5.08. The molecule has 2 saturated heterocycles. The van der Waals surface area contributed by atoms with E-state index in [-0.39, 0.29) is 17.9 Å². The number of halogens is 1. The predicted octanol–water partition coefficient (Wildman–Crippen LogP) is 1.76. The number of rotatable bonds is 4. The Kier molecular flexibility index (Phi) is 5.89. The number of hydrogen-bond acceptors (Lipinski definition) is 6. The number of carbonyl (C=O) groups is 1. The smallest absolute Gasteiger partial charge is 0.232 e. The number of amides is 1. The van der Waals surface area contributed by atoms with Gasteiger partial charge in [0.25, 0.3) is 0 Å². The summed E-state index contributed by atoms with van der Waals surface area (Å²) in [5, 5.41) is 3.17. The van der Waals surface area contributed by atoms with E-state index >= 15 is 0 Å². The van der Waals surface area contributed by atoms with E-state index in [4.69, 9.17) is 9.47 Å². The Morgan fingerprint density at radius 3 is 2.96 bits per heavy atom. The summed E-state index contributed by atoms with van der Waals surface area (Å²) in [6, 6.07) is 0.241. The van der Waals surface area contributed by atoms with Crippen LogP contribution in [0.25, 0.3) is 0 Å². The highest BCUT2D eigenvalue weighted by atomic mass is 79.9. The van der Waals surface area contributed by atoms with Gasteiger partial charge in [-0.05, 0) is 41.6 Å². The van der Waals surface area contributed by atoms with E-state index < -0.39 is 0 Å². The first kappa shape index (κ1) is 17.4. The fourth-order valence-corrected chi connectivity index (χ4v) is 3.52. The standard InChI is InChI=1S/C16H23BrN4O3/c1-23-15-13(17)9-18-16(20-15)21-6-2-3-11(10-21)14(22)19-12-4-7-24-8-5-12/h9,11-12H,2-8,10H2,1H3,(H,19,22). The summed E-state index contributed by atoms with van der Waals surface area (Å²) in [6.45, 7) is 2.95. The summed E-state index contributed by atoms with van der Waals surface area (Å²) >= 11 is 3.36. The first-order chi connectivity index (χ1) is 11.7. The van der Waals surface area contributed by atoms with Crippen LogP contribution in [0.1, 0.15) is 25.7 Å². The SMILES string of the molecule is COc1nc(N2CCCC(C(=O)NC3CCOCC3)C2)ncc1Br. The van der Waals surface area contributed by atoms with E-state index in [2.05, 4.69) is 36.1 Å². The van der Waals surface area contributed by atoms with Crippen molar-refractivity contribution in [1.82, 2.24) is 15.3 Å². The van der Waals surface area contributed by atoms with Crippen LogP contribution >= 0.6 is 15.9 Å². The van der Waals surface area contributed by atoms with Gasteiger partial charge < -0.3 is 19.7 Å². The van der Waals surface area contributed by atoms with Crippen molar-refractivity contribution in [1.29, 1.82) is 0 Å². The molecule has 8 heteroatoms. The molecule has 1 N–H and O–H groups in total. The maximum Gasteiger partial charge on any atom is 0.232 e. The van der Waals surface area contributed by atoms with Crippen LogP contribution in [0.2, 0.25) is 0 Å². The molecule has 0 aromatic carbocycles. The van der Waals surface area contributed by atoms with E-state index in [1.54, 1.807) is 13.3 Å². The maximum atomic E-state index is 12.6. The summed E-state index contributed by atoms with van der Waals surface area (Å²) < 4.78 is 11.3. The quantitative estimate of drug-likeness (QED) is 0.832. The van der Waals surface area contributed by atoms with E-state index in [9.17, 15) is 4.79 Å². The molecule has 0 spiro atoms. The average Bonchev–Trinajstić information content (AvgIpc) is 2.63. The molecule has 24 heavy (non-hydrogen) atoms. The Morgan fingerprint density at radius 1 is 1.42 bits per heavy atom. The van der Waals surface area contributed by atoms with Gasteiger partial charge in [-0.1, -0.05) is 0 Å². The molecule has 2 aliphatic heterocycles. The van der Waals surface area contributed by atoms with Gasteiger partial charge in [-0.3, -0.25) is 4.79 Å². The molecule has 2 aliphatic rings. The van der Waals surface area contributed by atoms with Gasteiger partial charge in [0, 0.05) is 32.3 Å². The highest BCUT2D eigenvalue weighted by molar-refractivity contribution is 9.10. The predicted molar refractivity (Wildman–Crippen MR) is 93.2 cm³/mol. The topological polar surface area (TPSA) is 76.6 Å². The van der Waals surface area contributed by atoms with Crippen molar-refractivity contribution in [3.05, 3.63) is 10.7 Å². The molecule has 1 atom stereocenters. The lowest BCUT2D eigenvalue weighted by Gasteiger charge is -2.33. The molecule has 0 saturated carbocycles. The molecular formula is C16H23BrN4O3. The molecule has 1 unspecified atom stereocenters. The Hall–Kier alpha value is -1.41. The number of hydrogen-bond donors (Lipinski definition) is 1. The van der Waals surface area contributed by atoms with Gasteiger partial charge in [0.2, 0.25) is 17.7 Å². The first-order valence-corrected chi connectivity index (χ1v) is 9.16. The number of anilines is 1. The van der Waals surface area contributed by atoms with Gasteiger partial charge in [0.05, 0.1) is 23.7 Å². The van der Waals surface area contributed by atoms with Crippen molar-refractivity contribution in [3.8, 4) is 5.88 Å². The Balaban J connectivity index is 1.62. The number of methoxy groups -OCH3 is 1. The summed E-state index contributed by atoms with van der Waals surface area (Å²) in [6.07, 6.45) is 5.34. The van der Waals surface area contributed by atoms with Gasteiger partial charge in [-0.2, -0.15) is 4.98 Å². The Bertz CT molecular complexity index is 580. The van der Waals surface area contributed by atoms with Gasteiger partial charge in [0.1, 0.15) is 0 Å². The second-order valence-electron chi connectivity index (χ2n) is 6.21. The molecular weight excluding hydrogens is 376 g/mol. The third kappa shape index (κ3) is 4.16. The molecule has 0 bridgehead atoms. The van der Waals surface area contributed by atoms with Crippen LogP contribution in [0.15, 0.2) is 10.7 Å². The second-order valence-corrected chi connectivity index (χ2v) is 7.06. The van der Waals surface area contributed by atoms with Crippen LogP contribution in [0.4, 0.5) is 5.95 Å². The molecule has 1 aromatic rings. The number of nitrogens with one attached hydrogen (secondary N) is 1. The van der Waals surface area contributed by atoms with Crippen LogP contribution < -0.4 is 15.0 Å². The highest BCUT2D eigenvalue weighted by Crippen LogP contribution is 2.26. The average molecular weight is 399 g/mol. The molecule has 132 valence electrons. The van der Waals surface area contributed by atoms with Crippen molar-refractivity contribution in [3.63, 3.8) is 0 Å². The molecule has 2 fully saturated rings. The molecule has 1 amide bonds. The molecule has 1 aromatic heterocycles. The van der Waals surface area contributed by atoms with Crippen molar-refractivity contribution in [2.75, 3.05) is 38.3 Å². The largest absolute Gasteiger partial charge is 0.480 e. The molecule has 0 aliphatic carbocycles. The minimum Gasteiger partial charge on any atom is -0.480 e. The maximum absolute atomic E-state index is 12.6.